The molecule has 0 unspecified atom stereocenters. The van der Waals surface area contributed by atoms with Gasteiger partial charge in [0.05, 0.1) is 24.0 Å². The maximum atomic E-state index is 13.2. The molecule has 5 rings (SSSR count). The van der Waals surface area contributed by atoms with Gasteiger partial charge >= 0.3 is 0 Å². The van der Waals surface area contributed by atoms with Gasteiger partial charge in [0.2, 0.25) is 0 Å². The number of phenolic OH excluding ortho intramolecular Hbond substituents is 1. The van der Waals surface area contributed by atoms with E-state index >= 15 is 0 Å². The van der Waals surface area contributed by atoms with Crippen molar-refractivity contribution in [3.63, 3.8) is 0 Å². The fourth-order valence-corrected chi connectivity index (χ4v) is 3.71. The SMILES string of the molecule is [C-]#[N+]c1cnn(-c2ccccc2)c1N=Nc1cc2ccccc2c(C(=O)Nc2ccccc2)c1O. The molecule has 0 saturated heterocycles. The van der Waals surface area contributed by atoms with E-state index in [-0.39, 0.29) is 28.5 Å². The first-order chi connectivity index (χ1) is 17.2. The summed E-state index contributed by atoms with van der Waals surface area (Å²) >= 11 is 0. The number of anilines is 1. The third-order valence-corrected chi connectivity index (χ3v) is 5.36. The number of rotatable bonds is 5. The Morgan fingerprint density at radius 2 is 1.63 bits per heavy atom. The van der Waals surface area contributed by atoms with E-state index in [0.29, 0.717) is 22.1 Å². The van der Waals surface area contributed by atoms with Crippen LogP contribution in [0.1, 0.15) is 10.4 Å². The second-order valence-electron chi connectivity index (χ2n) is 7.57. The van der Waals surface area contributed by atoms with Gasteiger partial charge in [0.15, 0.2) is 11.6 Å². The van der Waals surface area contributed by atoms with E-state index in [4.69, 9.17) is 6.57 Å². The number of carbonyl (C=O) groups excluding carboxylic acids is 1. The maximum Gasteiger partial charge on any atom is 0.260 e. The Kier molecular flexibility index (Phi) is 5.72. The molecule has 1 aromatic heterocycles. The third kappa shape index (κ3) is 4.21. The highest BCUT2D eigenvalue weighted by Gasteiger charge is 2.20. The minimum Gasteiger partial charge on any atom is -0.505 e. The molecule has 4 aromatic carbocycles. The molecule has 35 heavy (non-hydrogen) atoms. The molecule has 168 valence electrons. The van der Waals surface area contributed by atoms with Gasteiger partial charge < -0.3 is 10.4 Å². The van der Waals surface area contributed by atoms with E-state index in [9.17, 15) is 9.90 Å². The Bertz CT molecular complexity index is 1600. The van der Waals surface area contributed by atoms with Crippen LogP contribution in [-0.2, 0) is 0 Å². The highest BCUT2D eigenvalue weighted by Crippen LogP contribution is 2.39. The van der Waals surface area contributed by atoms with Crippen molar-refractivity contribution < 1.29 is 9.90 Å². The van der Waals surface area contributed by atoms with Gasteiger partial charge in [-0.2, -0.15) is 5.10 Å². The molecule has 0 bridgehead atoms. The molecule has 0 aliphatic rings. The summed E-state index contributed by atoms with van der Waals surface area (Å²) in [5.74, 6) is -0.566. The van der Waals surface area contributed by atoms with E-state index in [1.165, 1.54) is 10.9 Å². The molecular formula is C27H18N6O2. The van der Waals surface area contributed by atoms with Gasteiger partial charge in [-0.25, -0.2) is 9.53 Å². The second kappa shape index (κ2) is 9.29. The van der Waals surface area contributed by atoms with Gasteiger partial charge in [-0.15, -0.1) is 10.2 Å². The van der Waals surface area contributed by atoms with E-state index < -0.39 is 5.91 Å². The Morgan fingerprint density at radius 3 is 2.37 bits per heavy atom. The van der Waals surface area contributed by atoms with Crippen LogP contribution in [0.2, 0.25) is 0 Å². The van der Waals surface area contributed by atoms with Gasteiger partial charge in [-0.3, -0.25) is 4.79 Å². The zero-order chi connectivity index (χ0) is 24.2. The number of phenols is 1. The Labute approximate surface area is 200 Å². The largest absolute Gasteiger partial charge is 0.505 e. The molecule has 0 spiro atoms. The average molecular weight is 458 g/mol. The van der Waals surface area contributed by atoms with E-state index in [2.05, 4.69) is 25.5 Å². The molecule has 0 aliphatic carbocycles. The minimum absolute atomic E-state index is 0.0860. The zero-order valence-corrected chi connectivity index (χ0v) is 18.3. The number of hydrogen-bond donors (Lipinski definition) is 2. The van der Waals surface area contributed by atoms with E-state index in [1.807, 2.05) is 60.7 Å². The summed E-state index contributed by atoms with van der Waals surface area (Å²) in [6.07, 6.45) is 1.41. The molecule has 5 aromatic rings. The van der Waals surface area contributed by atoms with Crippen LogP contribution in [0.3, 0.4) is 0 Å². The first-order valence-electron chi connectivity index (χ1n) is 10.7. The van der Waals surface area contributed by atoms with Gasteiger partial charge in [0.25, 0.3) is 11.6 Å². The van der Waals surface area contributed by atoms with Crippen LogP contribution in [0.4, 0.5) is 22.9 Å². The quantitative estimate of drug-likeness (QED) is 0.220. The summed E-state index contributed by atoms with van der Waals surface area (Å²) in [5.41, 5.74) is 1.70. The Balaban J connectivity index is 1.60. The number of hydrogen-bond acceptors (Lipinski definition) is 5. The maximum absolute atomic E-state index is 13.2. The monoisotopic (exact) mass is 458 g/mol. The minimum atomic E-state index is -0.474. The van der Waals surface area contributed by atoms with Crippen molar-refractivity contribution in [2.45, 2.75) is 0 Å². The van der Waals surface area contributed by atoms with E-state index in [1.54, 1.807) is 30.3 Å². The molecule has 0 saturated carbocycles. The average Bonchev–Trinajstić information content (AvgIpc) is 3.31. The van der Waals surface area contributed by atoms with Crippen molar-refractivity contribution in [3.8, 4) is 11.4 Å². The lowest BCUT2D eigenvalue weighted by Crippen LogP contribution is -2.12. The topological polar surface area (TPSA) is 96.2 Å². The molecule has 2 N–H and O–H groups in total. The standard InChI is InChI=1S/C27H18N6O2/c1-28-23-17-29-33(20-13-6-3-7-14-20)26(23)32-31-22-16-18-10-8-9-15-21(18)24(25(22)34)27(35)30-19-11-4-2-5-12-19/h2-17,34H,(H,30,35). The predicted molar refractivity (Wildman–Crippen MR) is 134 cm³/mol. The van der Waals surface area contributed by atoms with Crippen LogP contribution in [0.15, 0.2) is 107 Å². The van der Waals surface area contributed by atoms with Gasteiger partial charge in [-0.1, -0.05) is 60.7 Å². The smallest absolute Gasteiger partial charge is 0.260 e. The second-order valence-corrected chi connectivity index (χ2v) is 7.57. The van der Waals surface area contributed by atoms with Crippen LogP contribution in [-0.4, -0.2) is 20.8 Å². The number of azo groups is 1. The number of fused-ring (bicyclic) bond motifs is 1. The number of aromatic nitrogens is 2. The number of carbonyl (C=O) groups is 1. The van der Waals surface area contributed by atoms with E-state index in [0.717, 1.165) is 0 Å². The number of nitrogens with one attached hydrogen (secondary N) is 1. The Hall–Kier alpha value is -5.29. The molecule has 8 heteroatoms. The lowest BCUT2D eigenvalue weighted by atomic mass is 10.0. The van der Waals surface area contributed by atoms with Crippen LogP contribution in [0, 0.1) is 6.57 Å². The third-order valence-electron chi connectivity index (χ3n) is 5.36. The molecule has 1 heterocycles. The van der Waals surface area contributed by atoms with Crippen molar-refractivity contribution in [3.05, 3.63) is 114 Å². The molecule has 0 radical (unpaired) electrons. The predicted octanol–water partition coefficient (Wildman–Crippen LogP) is 6.95. The van der Waals surface area contributed by atoms with Crippen LogP contribution >= 0.6 is 0 Å². The normalized spacial score (nSPS) is 10.9. The summed E-state index contributed by atoms with van der Waals surface area (Å²) < 4.78 is 1.50. The highest BCUT2D eigenvalue weighted by atomic mass is 16.3. The van der Waals surface area contributed by atoms with Gasteiger partial charge in [0.1, 0.15) is 5.69 Å². The lowest BCUT2D eigenvalue weighted by molar-refractivity contribution is 0.102. The number of para-hydroxylation sites is 2. The van der Waals surface area contributed by atoms with Crippen LogP contribution in [0.5, 0.6) is 5.75 Å². The van der Waals surface area contributed by atoms with Crippen molar-refractivity contribution in [2.24, 2.45) is 10.2 Å². The zero-order valence-electron chi connectivity index (χ0n) is 18.3. The van der Waals surface area contributed by atoms with Crippen molar-refractivity contribution in [1.82, 2.24) is 9.78 Å². The summed E-state index contributed by atoms with van der Waals surface area (Å²) in [5, 5.41) is 27.9. The molecule has 1 amide bonds. The van der Waals surface area contributed by atoms with Crippen molar-refractivity contribution in [2.75, 3.05) is 5.32 Å². The molecule has 8 nitrogen and oxygen atoms in total. The van der Waals surface area contributed by atoms with Crippen molar-refractivity contribution in [1.29, 1.82) is 0 Å². The molecule has 0 atom stereocenters. The van der Waals surface area contributed by atoms with Gasteiger partial charge in [0, 0.05) is 5.69 Å². The molecule has 0 aliphatic heterocycles. The Morgan fingerprint density at radius 1 is 0.943 bits per heavy atom. The van der Waals surface area contributed by atoms with Gasteiger partial charge in [-0.05, 0) is 41.1 Å². The van der Waals surface area contributed by atoms with Crippen LogP contribution < -0.4 is 5.32 Å². The summed E-state index contributed by atoms with van der Waals surface area (Å²) in [4.78, 5) is 16.7. The first-order valence-corrected chi connectivity index (χ1v) is 10.7. The number of nitrogens with zero attached hydrogens (tertiary/aromatic N) is 5. The summed E-state index contributed by atoms with van der Waals surface area (Å²) in [6, 6.07) is 27.1. The van der Waals surface area contributed by atoms with Crippen LogP contribution in [0.25, 0.3) is 21.3 Å². The fourth-order valence-electron chi connectivity index (χ4n) is 3.71. The first kappa shape index (κ1) is 21.6. The number of aromatic hydroxyl groups is 1. The molecule has 0 fully saturated rings. The fraction of sp³-hybridized carbons (Fsp3) is 0. The number of benzene rings is 4. The number of amides is 1. The summed E-state index contributed by atoms with van der Waals surface area (Å²) in [7, 11) is 0. The summed E-state index contributed by atoms with van der Waals surface area (Å²) in [6.45, 7) is 7.46. The lowest BCUT2D eigenvalue weighted by Gasteiger charge is -2.12. The van der Waals surface area contributed by atoms with Crippen molar-refractivity contribution >= 4 is 39.6 Å². The molecular weight excluding hydrogens is 440 g/mol. The highest BCUT2D eigenvalue weighted by molar-refractivity contribution is 6.16.